The third kappa shape index (κ3) is 3.31. The van der Waals surface area contributed by atoms with Gasteiger partial charge in [0.25, 0.3) is 0 Å². The number of allylic oxidation sites excluding steroid dienone is 1. The van der Waals surface area contributed by atoms with Gasteiger partial charge in [0, 0.05) is 11.6 Å². The van der Waals surface area contributed by atoms with Crippen LogP contribution in [0.5, 0.6) is 5.75 Å². The van der Waals surface area contributed by atoms with Gasteiger partial charge in [0.2, 0.25) is 5.78 Å². The first-order chi connectivity index (χ1) is 10.4. The minimum atomic E-state index is -0.276. The second kappa shape index (κ2) is 6.39. The molecular weight excluding hydrogens is 280 g/mol. The van der Waals surface area contributed by atoms with Gasteiger partial charge in [0.15, 0.2) is 5.76 Å². The van der Waals surface area contributed by atoms with Crippen molar-refractivity contribution in [3.63, 3.8) is 0 Å². The first-order valence-electron chi connectivity index (χ1n) is 6.83. The predicted molar refractivity (Wildman–Crippen MR) is 83.7 cm³/mol. The molecule has 0 fully saturated rings. The van der Waals surface area contributed by atoms with Crippen LogP contribution in [0.3, 0.4) is 0 Å². The Balaban J connectivity index is 2.41. The SMILES string of the molecule is CO/C(=C/c1nc(C)c(C)nc1C)C(=O)c1ccc(O)cc1. The highest BCUT2D eigenvalue weighted by Crippen LogP contribution is 2.17. The number of rotatable bonds is 4. The van der Waals surface area contributed by atoms with Crippen molar-refractivity contribution >= 4 is 11.9 Å². The summed E-state index contributed by atoms with van der Waals surface area (Å²) < 4.78 is 5.21. The van der Waals surface area contributed by atoms with Gasteiger partial charge in [0.1, 0.15) is 5.75 Å². The number of aromatic nitrogens is 2. The van der Waals surface area contributed by atoms with E-state index in [4.69, 9.17) is 4.74 Å². The summed E-state index contributed by atoms with van der Waals surface area (Å²) in [5.74, 6) is 0.00337. The quantitative estimate of drug-likeness (QED) is 0.533. The van der Waals surface area contributed by atoms with Gasteiger partial charge in [-0.1, -0.05) is 0 Å². The van der Waals surface area contributed by atoms with Crippen molar-refractivity contribution in [3.05, 3.63) is 58.4 Å². The van der Waals surface area contributed by atoms with Crippen LogP contribution < -0.4 is 0 Å². The maximum atomic E-state index is 12.4. The molecule has 0 unspecified atom stereocenters. The summed E-state index contributed by atoms with van der Waals surface area (Å²) in [7, 11) is 1.44. The van der Waals surface area contributed by atoms with Crippen molar-refractivity contribution in [1.82, 2.24) is 9.97 Å². The first-order valence-corrected chi connectivity index (χ1v) is 6.83. The number of aryl methyl sites for hydroxylation is 3. The van der Waals surface area contributed by atoms with E-state index in [0.717, 1.165) is 17.1 Å². The average molecular weight is 298 g/mol. The van der Waals surface area contributed by atoms with Crippen molar-refractivity contribution in [2.45, 2.75) is 20.8 Å². The molecular formula is C17H18N2O3. The average Bonchev–Trinajstić information content (AvgIpc) is 2.49. The van der Waals surface area contributed by atoms with Crippen molar-refractivity contribution in [3.8, 4) is 5.75 Å². The van der Waals surface area contributed by atoms with Gasteiger partial charge in [-0.15, -0.1) is 0 Å². The van der Waals surface area contributed by atoms with E-state index in [1.807, 2.05) is 20.8 Å². The molecule has 0 aliphatic carbocycles. The zero-order chi connectivity index (χ0) is 16.3. The number of carbonyl (C=O) groups is 1. The number of phenolic OH excluding ortho intramolecular Hbond substituents is 1. The van der Waals surface area contributed by atoms with Crippen LogP contribution in [0.4, 0.5) is 0 Å². The predicted octanol–water partition coefficient (Wildman–Crippen LogP) is 2.98. The number of hydrogen-bond acceptors (Lipinski definition) is 5. The zero-order valence-electron chi connectivity index (χ0n) is 13.0. The van der Waals surface area contributed by atoms with E-state index in [0.29, 0.717) is 11.3 Å². The molecule has 1 N–H and O–H groups in total. The summed E-state index contributed by atoms with van der Waals surface area (Å²) >= 11 is 0. The highest BCUT2D eigenvalue weighted by Gasteiger charge is 2.14. The van der Waals surface area contributed by atoms with Crippen LogP contribution in [-0.2, 0) is 4.74 Å². The Kier molecular flexibility index (Phi) is 4.56. The molecule has 1 heterocycles. The lowest BCUT2D eigenvalue weighted by Crippen LogP contribution is -2.07. The lowest BCUT2D eigenvalue weighted by molar-refractivity contribution is 0.0957. The van der Waals surface area contributed by atoms with Crippen LogP contribution in [0.2, 0.25) is 0 Å². The summed E-state index contributed by atoms with van der Waals surface area (Å²) in [4.78, 5) is 21.3. The Bertz CT molecular complexity index is 734. The van der Waals surface area contributed by atoms with Crippen molar-refractivity contribution in [2.75, 3.05) is 7.11 Å². The summed E-state index contributed by atoms with van der Waals surface area (Å²) in [5, 5.41) is 9.29. The van der Waals surface area contributed by atoms with E-state index in [1.165, 1.54) is 19.2 Å². The lowest BCUT2D eigenvalue weighted by Gasteiger charge is -2.08. The highest BCUT2D eigenvalue weighted by atomic mass is 16.5. The van der Waals surface area contributed by atoms with Crippen molar-refractivity contribution < 1.29 is 14.6 Å². The van der Waals surface area contributed by atoms with Crippen LogP contribution in [0, 0.1) is 20.8 Å². The van der Waals surface area contributed by atoms with Gasteiger partial charge >= 0.3 is 0 Å². The maximum Gasteiger partial charge on any atom is 0.227 e. The molecule has 22 heavy (non-hydrogen) atoms. The molecule has 1 aromatic heterocycles. The molecule has 0 saturated heterocycles. The molecule has 0 aliphatic heterocycles. The molecule has 114 valence electrons. The molecule has 0 bridgehead atoms. The fraction of sp³-hybridized carbons (Fsp3) is 0.235. The number of hydrogen-bond donors (Lipinski definition) is 1. The third-order valence-electron chi connectivity index (χ3n) is 3.36. The minimum absolute atomic E-state index is 0.107. The van der Waals surface area contributed by atoms with Crippen LogP contribution in [0.15, 0.2) is 30.0 Å². The van der Waals surface area contributed by atoms with Crippen LogP contribution in [-0.4, -0.2) is 28.0 Å². The molecule has 5 nitrogen and oxygen atoms in total. The second-order valence-electron chi connectivity index (χ2n) is 4.95. The van der Waals surface area contributed by atoms with Gasteiger partial charge in [0.05, 0.1) is 29.9 Å². The van der Waals surface area contributed by atoms with Crippen LogP contribution >= 0.6 is 0 Å². The standard InChI is InChI=1S/C17H18N2O3/c1-10-11(2)19-15(12(3)18-10)9-16(22-4)17(21)13-5-7-14(20)8-6-13/h5-9,20H,1-4H3/b16-9+. The number of aromatic hydroxyl groups is 1. The topological polar surface area (TPSA) is 72.3 Å². The van der Waals surface area contributed by atoms with Crippen LogP contribution in [0.1, 0.15) is 33.1 Å². The number of ketones is 1. The number of benzene rings is 1. The molecule has 0 saturated carbocycles. The number of Topliss-reactive ketones (excluding diaryl/α,β-unsaturated/α-hetero) is 1. The molecule has 2 rings (SSSR count). The third-order valence-corrected chi connectivity index (χ3v) is 3.36. The molecule has 2 aromatic rings. The number of methoxy groups -OCH3 is 1. The van der Waals surface area contributed by atoms with E-state index in [-0.39, 0.29) is 17.3 Å². The molecule has 0 spiro atoms. The Hall–Kier alpha value is -2.69. The number of phenols is 1. The highest BCUT2D eigenvalue weighted by molar-refractivity contribution is 6.09. The second-order valence-corrected chi connectivity index (χ2v) is 4.95. The van der Waals surface area contributed by atoms with Crippen molar-refractivity contribution in [1.29, 1.82) is 0 Å². The number of ether oxygens (including phenoxy) is 1. The zero-order valence-corrected chi connectivity index (χ0v) is 13.0. The normalized spacial score (nSPS) is 11.4. The maximum absolute atomic E-state index is 12.4. The van der Waals surface area contributed by atoms with Gasteiger partial charge in [-0.25, -0.2) is 4.98 Å². The monoisotopic (exact) mass is 298 g/mol. The summed E-state index contributed by atoms with van der Waals surface area (Å²) in [6.45, 7) is 5.60. The Morgan fingerprint density at radius 2 is 1.64 bits per heavy atom. The van der Waals surface area contributed by atoms with Gasteiger partial charge in [-0.05, 0) is 45.0 Å². The molecule has 5 heteroatoms. The molecule has 0 atom stereocenters. The van der Waals surface area contributed by atoms with Gasteiger partial charge < -0.3 is 9.84 Å². The first kappa shape index (κ1) is 15.7. The summed E-state index contributed by atoms with van der Waals surface area (Å²) in [6, 6.07) is 6.01. The minimum Gasteiger partial charge on any atom is -0.508 e. The summed E-state index contributed by atoms with van der Waals surface area (Å²) in [6.07, 6.45) is 1.59. The largest absolute Gasteiger partial charge is 0.508 e. The number of nitrogens with zero attached hydrogens (tertiary/aromatic N) is 2. The van der Waals surface area contributed by atoms with Crippen LogP contribution in [0.25, 0.3) is 6.08 Å². The molecule has 0 aliphatic rings. The summed E-state index contributed by atoms with van der Waals surface area (Å²) in [5.41, 5.74) is 3.44. The van der Waals surface area contributed by atoms with E-state index in [1.54, 1.807) is 18.2 Å². The van der Waals surface area contributed by atoms with Gasteiger partial charge in [-0.3, -0.25) is 9.78 Å². The lowest BCUT2D eigenvalue weighted by atomic mass is 10.1. The fourth-order valence-corrected chi connectivity index (χ4v) is 1.97. The Labute approximate surface area is 129 Å². The van der Waals surface area contributed by atoms with Crippen molar-refractivity contribution in [2.24, 2.45) is 0 Å². The Morgan fingerprint density at radius 1 is 1.05 bits per heavy atom. The van der Waals surface area contributed by atoms with E-state index < -0.39 is 0 Å². The molecule has 1 aromatic carbocycles. The van der Waals surface area contributed by atoms with E-state index >= 15 is 0 Å². The fourth-order valence-electron chi connectivity index (χ4n) is 1.97. The van der Waals surface area contributed by atoms with E-state index in [2.05, 4.69) is 9.97 Å². The smallest absolute Gasteiger partial charge is 0.227 e. The van der Waals surface area contributed by atoms with Gasteiger partial charge in [-0.2, -0.15) is 0 Å². The van der Waals surface area contributed by atoms with E-state index in [9.17, 15) is 9.90 Å². The molecule has 0 radical (unpaired) electrons. The molecule has 0 amide bonds. The number of carbonyl (C=O) groups excluding carboxylic acids is 1. The Morgan fingerprint density at radius 3 is 2.23 bits per heavy atom.